The van der Waals surface area contributed by atoms with Crippen LogP contribution in [0.1, 0.15) is 27.0 Å². The molecular formula is C26H23ClN6O2. The van der Waals surface area contributed by atoms with Gasteiger partial charge in [0.2, 0.25) is 0 Å². The molecule has 176 valence electrons. The molecule has 0 unspecified atom stereocenters. The van der Waals surface area contributed by atoms with Gasteiger partial charge in [0.15, 0.2) is 0 Å². The molecule has 0 atom stereocenters. The summed E-state index contributed by atoms with van der Waals surface area (Å²) in [5, 5.41) is 23.3. The number of pyridine rings is 2. The van der Waals surface area contributed by atoms with Crippen molar-refractivity contribution in [1.82, 2.24) is 15.3 Å². The van der Waals surface area contributed by atoms with Gasteiger partial charge in [0.25, 0.3) is 5.91 Å². The van der Waals surface area contributed by atoms with E-state index in [4.69, 9.17) is 11.6 Å². The van der Waals surface area contributed by atoms with Crippen LogP contribution in [0.5, 0.6) is 5.75 Å². The molecule has 0 radical (unpaired) electrons. The van der Waals surface area contributed by atoms with Crippen molar-refractivity contribution in [2.75, 3.05) is 16.0 Å². The second-order valence-electron chi connectivity index (χ2n) is 8.26. The number of hydrogen-bond acceptors (Lipinski definition) is 7. The third-order valence-corrected chi connectivity index (χ3v) is 5.92. The molecule has 0 spiro atoms. The number of halogens is 1. The first-order chi connectivity index (χ1) is 17.0. The largest absolute Gasteiger partial charge is 0.508 e. The zero-order valence-corrected chi connectivity index (χ0v) is 19.6. The SMILES string of the molecule is Cc1ccc(O)cc1Nc1ccnc2c1C(=O)Nc1cc(CNCc3ccc(Cl)nc3)ccc1N2. The maximum absolute atomic E-state index is 13.3. The first-order valence-electron chi connectivity index (χ1n) is 11.0. The molecular weight excluding hydrogens is 464 g/mol. The van der Waals surface area contributed by atoms with Crippen molar-refractivity contribution in [3.05, 3.63) is 94.4 Å². The molecule has 35 heavy (non-hydrogen) atoms. The second kappa shape index (κ2) is 9.61. The van der Waals surface area contributed by atoms with E-state index in [2.05, 4.69) is 31.2 Å². The lowest BCUT2D eigenvalue weighted by atomic mass is 10.1. The quantitative estimate of drug-likeness (QED) is 0.229. The van der Waals surface area contributed by atoms with E-state index >= 15 is 0 Å². The fourth-order valence-corrected chi connectivity index (χ4v) is 3.98. The molecule has 0 saturated carbocycles. The highest BCUT2D eigenvalue weighted by Crippen LogP contribution is 2.36. The lowest BCUT2D eigenvalue weighted by molar-refractivity contribution is 0.102. The number of aryl methyl sites for hydroxylation is 1. The van der Waals surface area contributed by atoms with Gasteiger partial charge < -0.3 is 26.4 Å². The zero-order chi connectivity index (χ0) is 24.4. The third-order valence-electron chi connectivity index (χ3n) is 5.70. The zero-order valence-electron chi connectivity index (χ0n) is 18.9. The van der Waals surface area contributed by atoms with Gasteiger partial charge in [-0.1, -0.05) is 29.8 Å². The number of phenolic OH excluding ortho intramolecular Hbond substituents is 1. The molecule has 4 aromatic rings. The lowest BCUT2D eigenvalue weighted by Crippen LogP contribution is -2.15. The number of carbonyl (C=O) groups is 1. The summed E-state index contributed by atoms with van der Waals surface area (Å²) in [6.07, 6.45) is 3.37. The van der Waals surface area contributed by atoms with E-state index < -0.39 is 0 Å². The van der Waals surface area contributed by atoms with E-state index in [0.717, 1.165) is 22.4 Å². The van der Waals surface area contributed by atoms with Crippen LogP contribution in [-0.2, 0) is 13.1 Å². The molecule has 2 aromatic heterocycles. The molecule has 1 amide bonds. The van der Waals surface area contributed by atoms with Crippen LogP contribution in [0.25, 0.3) is 0 Å². The van der Waals surface area contributed by atoms with Crippen molar-refractivity contribution in [1.29, 1.82) is 0 Å². The normalized spacial score (nSPS) is 12.1. The number of carbonyl (C=O) groups excluding carboxylic acids is 1. The summed E-state index contributed by atoms with van der Waals surface area (Å²) in [6.45, 7) is 3.18. The lowest BCUT2D eigenvalue weighted by Gasteiger charge is -2.14. The van der Waals surface area contributed by atoms with Gasteiger partial charge in [-0.15, -0.1) is 0 Å². The minimum absolute atomic E-state index is 0.140. The summed E-state index contributed by atoms with van der Waals surface area (Å²) in [5.41, 5.74) is 6.08. The van der Waals surface area contributed by atoms with Gasteiger partial charge in [-0.05, 0) is 53.9 Å². The van der Waals surface area contributed by atoms with Crippen LogP contribution in [0, 0.1) is 6.92 Å². The van der Waals surface area contributed by atoms with Gasteiger partial charge in [0.1, 0.15) is 22.3 Å². The molecule has 1 aliphatic heterocycles. The smallest absolute Gasteiger partial charge is 0.261 e. The number of anilines is 5. The van der Waals surface area contributed by atoms with Crippen LogP contribution >= 0.6 is 11.6 Å². The molecule has 5 N–H and O–H groups in total. The number of benzene rings is 2. The predicted molar refractivity (Wildman–Crippen MR) is 138 cm³/mol. The standard InChI is InChI=1S/C26H23ClN6O2/c1-15-2-5-18(34)11-21(15)31-20-8-9-29-25-24(20)26(35)33-22-10-16(3-6-19(22)32-25)12-28-13-17-4-7-23(27)30-14-17/h2-11,14,28,34H,12-13H2,1H3,(H,33,35)(H2,29,31,32). The molecule has 3 heterocycles. The Hall–Kier alpha value is -4.14. The summed E-state index contributed by atoms with van der Waals surface area (Å²) >= 11 is 5.84. The summed E-state index contributed by atoms with van der Waals surface area (Å²) in [5.74, 6) is 0.309. The highest BCUT2D eigenvalue weighted by atomic mass is 35.5. The predicted octanol–water partition coefficient (Wildman–Crippen LogP) is 5.49. The second-order valence-corrected chi connectivity index (χ2v) is 8.65. The molecule has 1 aliphatic rings. The number of aromatic hydroxyl groups is 1. The Morgan fingerprint density at radius 2 is 1.74 bits per heavy atom. The Morgan fingerprint density at radius 1 is 0.914 bits per heavy atom. The Labute approximate surface area is 207 Å². The van der Waals surface area contributed by atoms with E-state index in [1.807, 2.05) is 37.3 Å². The highest BCUT2D eigenvalue weighted by Gasteiger charge is 2.24. The van der Waals surface area contributed by atoms with Crippen molar-refractivity contribution < 1.29 is 9.90 Å². The molecule has 0 fully saturated rings. The molecule has 9 heteroatoms. The first kappa shape index (κ1) is 22.6. The fraction of sp³-hybridized carbons (Fsp3) is 0.115. The molecule has 8 nitrogen and oxygen atoms in total. The maximum Gasteiger partial charge on any atom is 0.261 e. The van der Waals surface area contributed by atoms with Crippen molar-refractivity contribution in [2.24, 2.45) is 0 Å². The van der Waals surface area contributed by atoms with E-state index in [-0.39, 0.29) is 11.7 Å². The van der Waals surface area contributed by atoms with Crippen LogP contribution in [0.3, 0.4) is 0 Å². The van der Waals surface area contributed by atoms with Crippen molar-refractivity contribution >= 4 is 46.1 Å². The van der Waals surface area contributed by atoms with Crippen LogP contribution in [0.15, 0.2) is 67.0 Å². The number of rotatable bonds is 6. The Bertz CT molecular complexity index is 1410. The summed E-state index contributed by atoms with van der Waals surface area (Å²) in [7, 11) is 0. The van der Waals surface area contributed by atoms with Gasteiger partial charge in [-0.25, -0.2) is 9.97 Å². The molecule has 0 aliphatic carbocycles. The first-order valence-corrected chi connectivity index (χ1v) is 11.4. The van der Waals surface area contributed by atoms with E-state index in [1.54, 1.807) is 36.7 Å². The average Bonchev–Trinajstić information content (AvgIpc) is 2.98. The molecule has 0 bridgehead atoms. The summed E-state index contributed by atoms with van der Waals surface area (Å²) in [6, 6.07) is 16.3. The van der Waals surface area contributed by atoms with Crippen LogP contribution in [0.4, 0.5) is 28.6 Å². The van der Waals surface area contributed by atoms with Crippen molar-refractivity contribution in [2.45, 2.75) is 20.0 Å². The van der Waals surface area contributed by atoms with Crippen LogP contribution in [0.2, 0.25) is 5.15 Å². The Morgan fingerprint density at radius 3 is 2.57 bits per heavy atom. The van der Waals surface area contributed by atoms with Gasteiger partial charge in [0, 0.05) is 37.2 Å². The minimum atomic E-state index is -0.281. The van der Waals surface area contributed by atoms with E-state index in [0.29, 0.717) is 46.7 Å². The fourth-order valence-electron chi connectivity index (χ4n) is 3.87. The highest BCUT2D eigenvalue weighted by molar-refractivity contribution is 6.29. The number of hydrogen-bond donors (Lipinski definition) is 5. The van der Waals surface area contributed by atoms with E-state index in [9.17, 15) is 9.90 Å². The molecule has 2 aromatic carbocycles. The van der Waals surface area contributed by atoms with Gasteiger partial charge in [-0.3, -0.25) is 4.79 Å². The number of aromatic nitrogens is 2. The van der Waals surface area contributed by atoms with E-state index in [1.165, 1.54) is 0 Å². The minimum Gasteiger partial charge on any atom is -0.508 e. The molecule has 5 rings (SSSR count). The van der Waals surface area contributed by atoms with Crippen LogP contribution < -0.4 is 21.3 Å². The Kier molecular flexibility index (Phi) is 6.22. The van der Waals surface area contributed by atoms with Crippen molar-refractivity contribution in [3.63, 3.8) is 0 Å². The number of phenols is 1. The Balaban J connectivity index is 1.35. The summed E-state index contributed by atoms with van der Waals surface area (Å²) in [4.78, 5) is 21.7. The summed E-state index contributed by atoms with van der Waals surface area (Å²) < 4.78 is 0. The number of nitrogens with one attached hydrogen (secondary N) is 4. The van der Waals surface area contributed by atoms with Gasteiger partial charge >= 0.3 is 0 Å². The third kappa shape index (κ3) is 5.03. The number of amides is 1. The number of fused-ring (bicyclic) bond motifs is 2. The van der Waals surface area contributed by atoms with Gasteiger partial charge in [0.05, 0.1) is 17.1 Å². The monoisotopic (exact) mass is 486 g/mol. The number of nitrogens with zero attached hydrogens (tertiary/aromatic N) is 2. The average molecular weight is 487 g/mol. The topological polar surface area (TPSA) is 111 Å². The van der Waals surface area contributed by atoms with Crippen molar-refractivity contribution in [3.8, 4) is 5.75 Å². The van der Waals surface area contributed by atoms with Crippen LogP contribution in [-0.4, -0.2) is 21.0 Å². The molecule has 0 saturated heterocycles. The maximum atomic E-state index is 13.3. The van der Waals surface area contributed by atoms with Gasteiger partial charge in [-0.2, -0.15) is 0 Å².